The van der Waals surface area contributed by atoms with Gasteiger partial charge in [0.05, 0.1) is 29.8 Å². The van der Waals surface area contributed by atoms with E-state index in [0.29, 0.717) is 53.0 Å². The number of hydrogen-bond acceptors (Lipinski definition) is 4. The lowest BCUT2D eigenvalue weighted by Crippen LogP contribution is -2.36. The number of nitrogens with zero attached hydrogens (tertiary/aromatic N) is 2. The van der Waals surface area contributed by atoms with Gasteiger partial charge in [0.15, 0.2) is 0 Å². The summed E-state index contributed by atoms with van der Waals surface area (Å²) in [6.07, 6.45) is 6.14. The van der Waals surface area contributed by atoms with Crippen LogP contribution in [0.3, 0.4) is 0 Å². The van der Waals surface area contributed by atoms with Crippen LogP contribution in [0.5, 0.6) is 5.75 Å². The van der Waals surface area contributed by atoms with Crippen LogP contribution >= 0.6 is 23.2 Å². The number of nitrogens with one attached hydrogen (secondary N) is 1. The quantitative estimate of drug-likeness (QED) is 0.206. The van der Waals surface area contributed by atoms with Gasteiger partial charge in [0.1, 0.15) is 23.9 Å². The fourth-order valence-electron chi connectivity index (χ4n) is 4.06. The Morgan fingerprint density at radius 3 is 2.59 bits per heavy atom. The van der Waals surface area contributed by atoms with E-state index in [0.717, 1.165) is 0 Å². The molecule has 1 unspecified atom stereocenters. The Morgan fingerprint density at radius 2 is 1.94 bits per heavy atom. The van der Waals surface area contributed by atoms with E-state index in [9.17, 15) is 14.7 Å². The predicted molar refractivity (Wildman–Crippen MR) is 129 cm³/mol. The Bertz CT molecular complexity index is 1220. The van der Waals surface area contributed by atoms with Crippen molar-refractivity contribution >= 4 is 40.7 Å². The molecule has 0 radical (unpaired) electrons. The molecule has 0 aliphatic carbocycles. The zero-order chi connectivity index (χ0) is 24.2. The number of aliphatic hydroxyl groups excluding tert-OH is 1. The molecule has 2 N–H and O–H groups in total. The fourth-order valence-corrected chi connectivity index (χ4v) is 4.42. The minimum absolute atomic E-state index is 0.0156. The molecule has 0 bridgehead atoms. The maximum Gasteiger partial charge on any atom is 0.295 e. The SMILES string of the molecule is CCOc1ccc(C(O)=C2C(=O)C(=O)N(CCC[n+]3cc[nH]c3)C2c2ccc(Cl)cc2)cc1Cl. The lowest BCUT2D eigenvalue weighted by Gasteiger charge is -2.25. The number of ketones is 1. The number of carbonyl (C=O) groups is 2. The molecule has 1 saturated heterocycles. The second kappa shape index (κ2) is 10.3. The van der Waals surface area contributed by atoms with Crippen molar-refractivity contribution in [1.82, 2.24) is 9.88 Å². The van der Waals surface area contributed by atoms with Gasteiger partial charge < -0.3 is 14.7 Å². The molecule has 1 atom stereocenters. The molecule has 2 aromatic carbocycles. The van der Waals surface area contributed by atoms with Crippen molar-refractivity contribution in [3.8, 4) is 5.75 Å². The maximum absolute atomic E-state index is 13.1. The van der Waals surface area contributed by atoms with Crippen molar-refractivity contribution in [2.45, 2.75) is 25.9 Å². The molecule has 9 heteroatoms. The highest BCUT2D eigenvalue weighted by Crippen LogP contribution is 2.40. The number of imidazole rings is 1. The number of Topliss-reactive ketones (excluding diaryl/α,β-unsaturated/α-hetero) is 1. The Kier molecular flexibility index (Phi) is 7.24. The molecule has 2 heterocycles. The fraction of sp³-hybridized carbons (Fsp3) is 0.240. The number of aliphatic hydroxyl groups is 1. The molecule has 1 amide bonds. The van der Waals surface area contributed by atoms with Crippen LogP contribution in [0.25, 0.3) is 5.76 Å². The van der Waals surface area contributed by atoms with Gasteiger partial charge in [-0.25, -0.2) is 4.57 Å². The summed E-state index contributed by atoms with van der Waals surface area (Å²) in [5.41, 5.74) is 1.02. The Hall–Kier alpha value is -3.29. The first-order chi connectivity index (χ1) is 16.4. The largest absolute Gasteiger partial charge is 0.507 e. The van der Waals surface area contributed by atoms with E-state index in [-0.39, 0.29) is 11.3 Å². The molecular formula is C25H24Cl2N3O4+. The van der Waals surface area contributed by atoms with Crippen LogP contribution < -0.4 is 9.30 Å². The number of aryl methyl sites for hydroxylation is 1. The van der Waals surface area contributed by atoms with Gasteiger partial charge in [-0.3, -0.25) is 14.6 Å². The molecule has 7 nitrogen and oxygen atoms in total. The molecule has 1 aliphatic rings. The number of amides is 1. The first kappa shape index (κ1) is 23.9. The van der Waals surface area contributed by atoms with Crippen LogP contribution in [-0.4, -0.2) is 39.8 Å². The monoisotopic (exact) mass is 500 g/mol. The Morgan fingerprint density at radius 1 is 1.18 bits per heavy atom. The Labute approximate surface area is 207 Å². The van der Waals surface area contributed by atoms with Crippen molar-refractivity contribution in [2.24, 2.45) is 0 Å². The van der Waals surface area contributed by atoms with Gasteiger partial charge in [-0.1, -0.05) is 35.3 Å². The number of aromatic amines is 1. The summed E-state index contributed by atoms with van der Waals surface area (Å²) in [6, 6.07) is 10.9. The van der Waals surface area contributed by atoms with Gasteiger partial charge in [0.25, 0.3) is 11.7 Å². The molecule has 3 aromatic rings. The van der Waals surface area contributed by atoms with Crippen LogP contribution in [-0.2, 0) is 16.1 Å². The summed E-state index contributed by atoms with van der Waals surface area (Å²) < 4.78 is 7.41. The van der Waals surface area contributed by atoms with Gasteiger partial charge in [0, 0.05) is 23.6 Å². The summed E-state index contributed by atoms with van der Waals surface area (Å²) in [5, 5.41) is 12.0. The highest BCUT2D eigenvalue weighted by molar-refractivity contribution is 6.46. The second-order valence-corrected chi connectivity index (χ2v) is 8.67. The number of H-pyrrole nitrogens is 1. The highest BCUT2D eigenvalue weighted by atomic mass is 35.5. The number of halogens is 2. The summed E-state index contributed by atoms with van der Waals surface area (Å²) in [4.78, 5) is 30.6. The van der Waals surface area contributed by atoms with Crippen molar-refractivity contribution in [1.29, 1.82) is 0 Å². The summed E-state index contributed by atoms with van der Waals surface area (Å²) in [7, 11) is 0. The first-order valence-corrected chi connectivity index (χ1v) is 11.6. The minimum atomic E-state index is -0.751. The van der Waals surface area contributed by atoms with Crippen LogP contribution in [0.1, 0.15) is 30.5 Å². The summed E-state index contributed by atoms with van der Waals surface area (Å²) in [5.74, 6) is -1.21. The average molecular weight is 501 g/mol. The lowest BCUT2D eigenvalue weighted by atomic mass is 9.95. The minimum Gasteiger partial charge on any atom is -0.507 e. The first-order valence-electron chi connectivity index (χ1n) is 10.9. The zero-order valence-corrected chi connectivity index (χ0v) is 20.0. The average Bonchev–Trinajstić information content (AvgIpc) is 3.43. The maximum atomic E-state index is 13.1. The van der Waals surface area contributed by atoms with Gasteiger partial charge in [0.2, 0.25) is 6.33 Å². The van der Waals surface area contributed by atoms with Crippen molar-refractivity contribution in [3.05, 3.63) is 87.9 Å². The molecule has 1 fully saturated rings. The molecule has 34 heavy (non-hydrogen) atoms. The van der Waals surface area contributed by atoms with Crippen molar-refractivity contribution in [2.75, 3.05) is 13.2 Å². The van der Waals surface area contributed by atoms with Crippen LogP contribution in [0.4, 0.5) is 0 Å². The van der Waals surface area contributed by atoms with Crippen molar-refractivity contribution in [3.63, 3.8) is 0 Å². The van der Waals surface area contributed by atoms with Gasteiger partial charge in [-0.05, 0) is 42.8 Å². The van der Waals surface area contributed by atoms with E-state index in [1.807, 2.05) is 30.2 Å². The Balaban J connectivity index is 1.73. The number of carbonyl (C=O) groups excluding carboxylic acids is 2. The molecule has 1 aromatic heterocycles. The van der Waals surface area contributed by atoms with Crippen LogP contribution in [0.2, 0.25) is 10.0 Å². The lowest BCUT2D eigenvalue weighted by molar-refractivity contribution is -0.695. The summed E-state index contributed by atoms with van der Waals surface area (Å²) in [6.45, 7) is 3.27. The van der Waals surface area contributed by atoms with Crippen LogP contribution in [0, 0.1) is 0 Å². The smallest absolute Gasteiger partial charge is 0.295 e. The number of ether oxygens (including phenoxy) is 1. The number of likely N-dealkylation sites (tertiary alicyclic amines) is 1. The molecule has 176 valence electrons. The van der Waals surface area contributed by atoms with E-state index in [1.54, 1.807) is 36.4 Å². The molecular weight excluding hydrogens is 477 g/mol. The van der Waals surface area contributed by atoms with Crippen molar-refractivity contribution < 1.29 is 24.0 Å². The molecule has 0 spiro atoms. The number of hydrogen-bond donors (Lipinski definition) is 2. The van der Waals surface area contributed by atoms with Gasteiger partial charge >= 0.3 is 0 Å². The third-order valence-electron chi connectivity index (χ3n) is 5.65. The topological polar surface area (TPSA) is 86.5 Å². The van der Waals surface area contributed by atoms with E-state index < -0.39 is 17.7 Å². The van der Waals surface area contributed by atoms with E-state index in [2.05, 4.69) is 4.98 Å². The normalized spacial score (nSPS) is 17.4. The molecule has 1 aliphatic heterocycles. The van der Waals surface area contributed by atoms with E-state index in [1.165, 1.54) is 11.0 Å². The molecule has 0 saturated carbocycles. The highest BCUT2D eigenvalue weighted by Gasteiger charge is 2.45. The standard InChI is InChI=1S/C25H23Cl2N3O4/c1-2-34-20-9-6-17(14-19(20)27)23(31)21-22(16-4-7-18(26)8-5-16)30(25(33)24(21)32)12-3-11-29-13-10-28-15-29/h4-10,13-15,22H,2-3,11-12H2,1H3,(H,31,32)/p+1. The third kappa shape index (κ3) is 4.81. The van der Waals surface area contributed by atoms with Gasteiger partial charge in [-0.15, -0.1) is 0 Å². The van der Waals surface area contributed by atoms with Crippen LogP contribution in [0.15, 0.2) is 66.8 Å². The number of benzene rings is 2. The van der Waals surface area contributed by atoms with E-state index in [4.69, 9.17) is 27.9 Å². The second-order valence-electron chi connectivity index (χ2n) is 7.83. The van der Waals surface area contributed by atoms with Gasteiger partial charge in [-0.2, -0.15) is 0 Å². The number of rotatable bonds is 8. The third-order valence-corrected chi connectivity index (χ3v) is 6.20. The zero-order valence-electron chi connectivity index (χ0n) is 18.5. The van der Waals surface area contributed by atoms with E-state index >= 15 is 0 Å². The summed E-state index contributed by atoms with van der Waals surface area (Å²) >= 11 is 12.4. The predicted octanol–water partition coefficient (Wildman–Crippen LogP) is 4.52. The molecule has 4 rings (SSSR count). The number of aromatic nitrogens is 2.